The average Bonchev–Trinajstić information content (AvgIpc) is 0.979. The molecule has 0 saturated carbocycles. The van der Waals surface area contributed by atoms with Crippen LogP contribution in [0, 0.1) is 20.8 Å². The summed E-state index contributed by atoms with van der Waals surface area (Å²) in [7, 11) is 0. The molecular formula is C75H90BBrN12NaO6Sn. The molecule has 0 aromatic carbocycles. The van der Waals surface area contributed by atoms with Gasteiger partial charge in [-0.1, -0.05) is 30.3 Å². The summed E-state index contributed by atoms with van der Waals surface area (Å²) in [4.78, 5) is 68.9. The van der Waals surface area contributed by atoms with E-state index in [9.17, 15) is 14.7 Å². The molecule has 97 heavy (non-hydrogen) atoms. The van der Waals surface area contributed by atoms with E-state index in [1.165, 1.54) is 51.8 Å². The van der Waals surface area contributed by atoms with Crippen molar-refractivity contribution in [1.29, 1.82) is 0 Å². The standard InChI is InChI=1S/C21H22N4O2.C21H20N4O2.C16H16BrN3O2.C5H4N.3C4H9.B.Na.Sn.H/c2*1-15-5-8-21(23-12-15)27-16-9-11-25(13-16)20-7-6-18(24-19(20)14-26)17-4-2-3-10-22-17;1-11-2-5-16(18-8-11)22-12-6-7-20(9-12)14-3-4-15(17)19-13(14)10-21;1-2-4-6-5-3-1;3*1-3-4-2;;;;/h2-8,10,12,16,26H,9,11,13-14H2,1H3;2-8,10,12,14,16H,9,11,13H2,1H3;2-5,8,10,12H,6-7,9H2,1H3;1-4H;3*1,3-4H2,2H3;;;;/q;;;;;;;;+1;;-1/t2*16-;12-;;;;;;;;/m000......../s1. The van der Waals surface area contributed by atoms with Crippen LogP contribution in [-0.2, 0) is 6.61 Å². The number of halogens is 1. The van der Waals surface area contributed by atoms with Crippen molar-refractivity contribution in [3.8, 4) is 40.4 Å². The third kappa shape index (κ3) is 22.7. The first kappa shape index (κ1) is 77.1. The van der Waals surface area contributed by atoms with E-state index in [1.54, 1.807) is 28.5 Å². The van der Waals surface area contributed by atoms with Crippen LogP contribution in [0.25, 0.3) is 22.8 Å². The van der Waals surface area contributed by atoms with Gasteiger partial charge in [-0.3, -0.25) is 19.6 Å². The quantitative estimate of drug-likeness (QED) is 0.0339. The number of pyridine rings is 9. The number of aliphatic hydroxyl groups is 1. The number of anilines is 3. The number of nitrogens with zero attached hydrogens (tertiary/aromatic N) is 12. The van der Waals surface area contributed by atoms with Gasteiger partial charge < -0.3 is 35.4 Å². The van der Waals surface area contributed by atoms with Gasteiger partial charge in [0.25, 0.3) is 0 Å². The summed E-state index contributed by atoms with van der Waals surface area (Å²) in [5.41, 5.74) is 10.5. The zero-order valence-corrected chi connectivity index (χ0v) is 63.7. The van der Waals surface area contributed by atoms with Crippen molar-refractivity contribution in [1.82, 2.24) is 44.9 Å². The fraction of sp³-hybridized carbons (Fsp3) is 0.373. The van der Waals surface area contributed by atoms with E-state index < -0.39 is 18.4 Å². The van der Waals surface area contributed by atoms with E-state index >= 15 is 0 Å². The maximum absolute atomic E-state index is 11.6. The van der Waals surface area contributed by atoms with Gasteiger partial charge in [0.2, 0.25) is 17.6 Å². The molecule has 0 spiro atoms. The number of hydrogen-bond donors (Lipinski definition) is 1. The minimum absolute atomic E-state index is 0. The molecule has 501 valence electrons. The molecule has 1 N–H and O–H groups in total. The molecular weight excluding hydrogens is 1400 g/mol. The van der Waals surface area contributed by atoms with Gasteiger partial charge >= 0.3 is 154 Å². The number of hydrogen-bond acceptors (Lipinski definition) is 18. The van der Waals surface area contributed by atoms with Gasteiger partial charge in [0.05, 0.1) is 71.8 Å². The Labute approximate surface area is 610 Å². The summed E-state index contributed by atoms with van der Waals surface area (Å²) >= 11 is 1.08. The number of aryl methyl sites for hydroxylation is 3. The van der Waals surface area contributed by atoms with Crippen LogP contribution in [0.5, 0.6) is 17.6 Å². The zero-order valence-electron chi connectivity index (χ0n) is 58.2. The van der Waals surface area contributed by atoms with Crippen molar-refractivity contribution in [3.63, 3.8) is 0 Å². The second-order valence-electron chi connectivity index (χ2n) is 24.4. The number of rotatable bonds is 24. The molecule has 12 rings (SSSR count). The van der Waals surface area contributed by atoms with Crippen molar-refractivity contribution in [3.05, 3.63) is 203 Å². The van der Waals surface area contributed by atoms with Gasteiger partial charge in [-0.05, 0) is 114 Å². The van der Waals surface area contributed by atoms with Gasteiger partial charge in [0, 0.05) is 96.5 Å². The predicted octanol–water partition coefficient (Wildman–Crippen LogP) is 11.2. The van der Waals surface area contributed by atoms with Gasteiger partial charge in [-0.15, -0.1) is 0 Å². The predicted molar refractivity (Wildman–Crippen MR) is 390 cm³/mol. The summed E-state index contributed by atoms with van der Waals surface area (Å²) in [6.45, 7) is 17.5. The Bertz CT molecular complexity index is 3800. The largest absolute Gasteiger partial charge is 1.00 e. The third-order valence-electron chi connectivity index (χ3n) is 17.2. The fourth-order valence-electron chi connectivity index (χ4n) is 12.0. The first-order valence-corrected chi connectivity index (χ1v) is 41.6. The molecule has 0 aliphatic carbocycles. The molecule has 3 atom stereocenters. The summed E-state index contributed by atoms with van der Waals surface area (Å²) in [6.07, 6.45) is 23.6. The Hall–Kier alpha value is -7.21. The van der Waals surface area contributed by atoms with E-state index in [0.717, 1.165) is 115 Å². The zero-order chi connectivity index (χ0) is 66.8. The van der Waals surface area contributed by atoms with Crippen LogP contribution in [0.3, 0.4) is 0 Å². The van der Waals surface area contributed by atoms with E-state index in [4.69, 9.17) is 19.2 Å². The minimum atomic E-state index is -2.21. The molecule has 3 saturated heterocycles. The summed E-state index contributed by atoms with van der Waals surface area (Å²) < 4.78 is 24.6. The van der Waals surface area contributed by atoms with Gasteiger partial charge in [0.1, 0.15) is 34.3 Å². The summed E-state index contributed by atoms with van der Waals surface area (Å²) in [6, 6.07) is 41.2. The summed E-state index contributed by atoms with van der Waals surface area (Å²) in [5.74, 6) is 1.92. The van der Waals surface area contributed by atoms with Crippen LogP contribution in [0.15, 0.2) is 169 Å². The maximum atomic E-state index is 11.6. The Morgan fingerprint density at radius 1 is 0.495 bits per heavy atom. The Morgan fingerprint density at radius 3 is 1.28 bits per heavy atom. The van der Waals surface area contributed by atoms with Crippen LogP contribution in [-0.4, -0.2) is 147 Å². The van der Waals surface area contributed by atoms with E-state index in [2.05, 4.69) is 109 Å². The van der Waals surface area contributed by atoms with Crippen molar-refractivity contribution in [2.45, 2.75) is 138 Å². The molecule has 3 aliphatic rings. The van der Waals surface area contributed by atoms with Crippen molar-refractivity contribution in [2.75, 3.05) is 54.0 Å². The smallest absolute Gasteiger partial charge is 1.00 e. The topological polar surface area (TPSA) is 208 Å². The molecule has 3 radical (unpaired) electrons. The minimum Gasteiger partial charge on any atom is -1.00 e. The Morgan fingerprint density at radius 2 is 0.897 bits per heavy atom. The molecule has 22 heteroatoms. The Balaban J connectivity index is 0.000000206. The van der Waals surface area contributed by atoms with Gasteiger partial charge in [0.15, 0.2) is 12.6 Å². The van der Waals surface area contributed by atoms with Crippen molar-refractivity contribution in [2.24, 2.45) is 0 Å². The van der Waals surface area contributed by atoms with Crippen LogP contribution < -0.4 is 62.2 Å². The molecule has 0 bridgehead atoms. The maximum Gasteiger partial charge on any atom is 1.00 e. The van der Waals surface area contributed by atoms with Crippen molar-refractivity contribution < 1.29 is 59.9 Å². The second kappa shape index (κ2) is 40.0. The van der Waals surface area contributed by atoms with Crippen LogP contribution in [0.1, 0.15) is 123 Å². The number of aromatic nitrogens is 9. The normalized spacial score (nSPS) is 15.4. The fourth-order valence-corrected chi connectivity index (χ4v) is 27.8. The number of unbranched alkanes of at least 4 members (excludes halogenated alkanes) is 3. The Kier molecular flexibility index (Phi) is 31.8. The number of aldehydes is 2. The van der Waals surface area contributed by atoms with Crippen LogP contribution >= 0.6 is 15.9 Å². The van der Waals surface area contributed by atoms with E-state index in [-0.39, 0.29) is 64.3 Å². The molecule has 3 fully saturated rings. The molecule has 3 aliphatic heterocycles. The van der Waals surface area contributed by atoms with Crippen LogP contribution in [0.2, 0.25) is 13.3 Å². The van der Waals surface area contributed by atoms with E-state index in [1.807, 2.05) is 142 Å². The average molecular weight is 1490 g/mol. The first-order valence-electron chi connectivity index (χ1n) is 33.4. The number of carbonyl (C=O) groups is 2. The molecule has 9 aromatic heterocycles. The molecule has 12 heterocycles. The monoisotopic (exact) mass is 1490 g/mol. The van der Waals surface area contributed by atoms with Crippen LogP contribution in [0.4, 0.5) is 17.1 Å². The molecule has 0 unspecified atom stereocenters. The number of carbonyl (C=O) groups excluding carboxylic acids is 2. The first-order chi connectivity index (χ1) is 46.4. The van der Waals surface area contributed by atoms with Crippen molar-refractivity contribution >= 4 is 76.1 Å². The SMILES string of the molecule is CCC[CH2][Sn]([CH2]CCC)([CH2]CCC)[c]1ccccn1.Cc1ccc(O[C@H]2CCN(c3ccc(-c4ccccn4)nc3C=O)C2)nc1.Cc1ccc(O[C@H]2CCN(c3ccc(-c4ccccn4)nc3CO)C2)nc1.Cc1ccc(O[C@H]2CCN(c3ccc(Br)nc3C=O)C2)nc1.[B].[H-].[Na+]. The molecule has 9 aromatic rings. The number of aliphatic hydroxyl groups excluding tert-OH is 1. The second-order valence-corrected chi connectivity index (χ2v) is 38.2. The van der Waals surface area contributed by atoms with Gasteiger partial charge in [-0.25, -0.2) is 29.9 Å². The molecule has 0 amide bonds. The van der Waals surface area contributed by atoms with E-state index in [0.29, 0.717) is 51.6 Å². The third-order valence-corrected chi connectivity index (χ3v) is 32.8. The number of ether oxygens (including phenoxy) is 3. The molecule has 18 nitrogen and oxygen atoms in total. The van der Waals surface area contributed by atoms with Gasteiger partial charge in [-0.2, -0.15) is 0 Å². The summed E-state index contributed by atoms with van der Waals surface area (Å²) in [5, 5.41) is 9.83.